The fourth-order valence-electron chi connectivity index (χ4n) is 2.96. The van der Waals surface area contributed by atoms with Crippen molar-refractivity contribution in [2.45, 2.75) is 23.8 Å². The van der Waals surface area contributed by atoms with E-state index in [0.717, 1.165) is 4.31 Å². The Morgan fingerprint density at radius 1 is 0.964 bits per heavy atom. The number of carboxylic acids is 1. The number of phenols is 1. The van der Waals surface area contributed by atoms with Gasteiger partial charge in [0.25, 0.3) is 0 Å². The van der Waals surface area contributed by atoms with Crippen LogP contribution < -0.4 is 10.6 Å². The van der Waals surface area contributed by atoms with Gasteiger partial charge < -0.3 is 20.8 Å². The van der Waals surface area contributed by atoms with Gasteiger partial charge >= 0.3 is 12.0 Å². The van der Waals surface area contributed by atoms with Crippen molar-refractivity contribution in [3.63, 3.8) is 0 Å². The van der Waals surface area contributed by atoms with Crippen LogP contribution in [0.4, 0.5) is 16.2 Å². The molecule has 2 aromatic rings. The number of rotatable bonds is 5. The molecule has 2 amide bonds. The van der Waals surface area contributed by atoms with Gasteiger partial charge in [0.05, 0.1) is 4.90 Å². The molecular formula is C18H19N3O6S. The maximum Gasteiger partial charge on any atom is 0.323 e. The second-order valence-corrected chi connectivity index (χ2v) is 8.15. The lowest BCUT2D eigenvalue weighted by atomic mass is 10.2. The van der Waals surface area contributed by atoms with Crippen molar-refractivity contribution in [1.82, 2.24) is 4.31 Å². The van der Waals surface area contributed by atoms with E-state index in [1.165, 1.54) is 48.5 Å². The molecule has 0 aromatic heterocycles. The van der Waals surface area contributed by atoms with Crippen LogP contribution in [0.2, 0.25) is 0 Å². The van der Waals surface area contributed by atoms with E-state index in [9.17, 15) is 28.2 Å². The summed E-state index contributed by atoms with van der Waals surface area (Å²) in [5, 5.41) is 23.6. The summed E-state index contributed by atoms with van der Waals surface area (Å²) >= 11 is 0. The summed E-state index contributed by atoms with van der Waals surface area (Å²) in [6.45, 7) is 0.161. The number of nitrogens with zero attached hydrogens (tertiary/aromatic N) is 1. The van der Waals surface area contributed by atoms with Crippen LogP contribution in [-0.2, 0) is 14.8 Å². The number of carbonyl (C=O) groups excluding carboxylic acids is 1. The summed E-state index contributed by atoms with van der Waals surface area (Å²) in [6, 6.07) is 9.82. The molecule has 1 heterocycles. The van der Waals surface area contributed by atoms with Crippen molar-refractivity contribution in [3.8, 4) is 5.75 Å². The largest absolute Gasteiger partial charge is 0.508 e. The third kappa shape index (κ3) is 4.24. The van der Waals surface area contributed by atoms with Gasteiger partial charge in [0.2, 0.25) is 10.0 Å². The Morgan fingerprint density at radius 2 is 1.50 bits per heavy atom. The monoisotopic (exact) mass is 405 g/mol. The molecule has 0 aliphatic carbocycles. The molecule has 10 heteroatoms. The van der Waals surface area contributed by atoms with Gasteiger partial charge in [-0.2, -0.15) is 4.31 Å². The Balaban J connectivity index is 1.68. The van der Waals surface area contributed by atoms with E-state index in [1.54, 1.807) is 0 Å². The Morgan fingerprint density at radius 3 is 2.04 bits per heavy atom. The van der Waals surface area contributed by atoms with Crippen LogP contribution in [0.1, 0.15) is 12.8 Å². The first-order chi connectivity index (χ1) is 13.3. The molecule has 1 aliphatic rings. The molecule has 148 valence electrons. The number of carbonyl (C=O) groups is 2. The number of urea groups is 1. The van der Waals surface area contributed by atoms with Crippen molar-refractivity contribution in [3.05, 3.63) is 48.5 Å². The van der Waals surface area contributed by atoms with Gasteiger partial charge in [0.1, 0.15) is 11.8 Å². The quantitative estimate of drug-likeness (QED) is 0.564. The number of amides is 2. The first-order valence-corrected chi connectivity index (χ1v) is 9.93. The summed E-state index contributed by atoms with van der Waals surface area (Å²) in [5.74, 6) is -1.09. The molecule has 4 N–H and O–H groups in total. The molecule has 0 bridgehead atoms. The molecule has 28 heavy (non-hydrogen) atoms. The highest BCUT2D eigenvalue weighted by molar-refractivity contribution is 7.89. The first-order valence-electron chi connectivity index (χ1n) is 8.49. The van der Waals surface area contributed by atoms with E-state index in [1.807, 2.05) is 0 Å². The Bertz CT molecular complexity index is 973. The lowest BCUT2D eigenvalue weighted by Crippen LogP contribution is -2.40. The minimum Gasteiger partial charge on any atom is -0.508 e. The normalized spacial score (nSPS) is 17.2. The first kappa shape index (κ1) is 19.6. The third-order valence-corrected chi connectivity index (χ3v) is 6.26. The summed E-state index contributed by atoms with van der Waals surface area (Å²) < 4.78 is 26.4. The molecule has 0 saturated carbocycles. The predicted octanol–water partition coefficient (Wildman–Crippen LogP) is 2.27. The molecule has 9 nitrogen and oxygen atoms in total. The van der Waals surface area contributed by atoms with Crippen molar-refractivity contribution in [2.24, 2.45) is 0 Å². The number of aliphatic carboxylic acids is 1. The van der Waals surface area contributed by atoms with Gasteiger partial charge in [0.15, 0.2) is 0 Å². The van der Waals surface area contributed by atoms with E-state index in [0.29, 0.717) is 17.8 Å². The maximum absolute atomic E-state index is 12.7. The second kappa shape index (κ2) is 7.87. The van der Waals surface area contributed by atoms with Crippen LogP contribution in [0.3, 0.4) is 0 Å². The highest BCUT2D eigenvalue weighted by atomic mass is 32.2. The average Bonchev–Trinajstić information content (AvgIpc) is 3.15. The number of benzene rings is 2. The Hall–Kier alpha value is -3.11. The van der Waals surface area contributed by atoms with Gasteiger partial charge in [-0.25, -0.2) is 13.2 Å². The SMILES string of the molecule is O=C(Nc1ccc(O)cc1)Nc1ccc(S(=O)(=O)N2CCC[C@H]2C(=O)O)cc1. The van der Waals surface area contributed by atoms with Crippen LogP contribution in [0.15, 0.2) is 53.4 Å². The van der Waals surface area contributed by atoms with E-state index in [2.05, 4.69) is 10.6 Å². The Labute approximate surface area is 161 Å². The number of phenolic OH excluding ortho intramolecular Hbond substituents is 1. The molecule has 1 saturated heterocycles. The van der Waals surface area contributed by atoms with Crippen LogP contribution in [0.25, 0.3) is 0 Å². The molecule has 3 rings (SSSR count). The predicted molar refractivity (Wildman–Crippen MR) is 102 cm³/mol. The number of hydrogen-bond donors (Lipinski definition) is 4. The zero-order valence-electron chi connectivity index (χ0n) is 14.7. The number of anilines is 2. The molecular weight excluding hydrogens is 386 g/mol. The molecule has 1 fully saturated rings. The topological polar surface area (TPSA) is 136 Å². The summed E-state index contributed by atoms with van der Waals surface area (Å²) in [7, 11) is -3.93. The van der Waals surface area contributed by atoms with Crippen LogP contribution in [-0.4, -0.2) is 47.5 Å². The van der Waals surface area contributed by atoms with Crippen molar-refractivity contribution < 1.29 is 28.2 Å². The lowest BCUT2D eigenvalue weighted by molar-refractivity contribution is -0.140. The minimum atomic E-state index is -3.93. The highest BCUT2D eigenvalue weighted by Gasteiger charge is 2.39. The lowest BCUT2D eigenvalue weighted by Gasteiger charge is -2.21. The summed E-state index contributed by atoms with van der Waals surface area (Å²) in [4.78, 5) is 23.2. The van der Waals surface area contributed by atoms with Crippen LogP contribution in [0, 0.1) is 0 Å². The van der Waals surface area contributed by atoms with Gasteiger partial charge in [-0.05, 0) is 61.4 Å². The molecule has 0 spiro atoms. The van der Waals surface area contributed by atoms with Crippen LogP contribution >= 0.6 is 0 Å². The molecule has 0 radical (unpaired) electrons. The van der Waals surface area contributed by atoms with Gasteiger partial charge in [-0.3, -0.25) is 4.79 Å². The van der Waals surface area contributed by atoms with E-state index < -0.39 is 28.1 Å². The molecule has 1 atom stereocenters. The number of sulfonamides is 1. The number of hydrogen-bond acceptors (Lipinski definition) is 5. The molecule has 1 aliphatic heterocycles. The average molecular weight is 405 g/mol. The minimum absolute atomic E-state index is 0.0369. The Kier molecular flexibility index (Phi) is 5.52. The fourth-order valence-corrected chi connectivity index (χ4v) is 4.61. The van der Waals surface area contributed by atoms with Crippen molar-refractivity contribution in [2.75, 3.05) is 17.2 Å². The van der Waals surface area contributed by atoms with E-state index >= 15 is 0 Å². The van der Waals surface area contributed by atoms with Crippen molar-refractivity contribution in [1.29, 1.82) is 0 Å². The van der Waals surface area contributed by atoms with Gasteiger partial charge in [0, 0.05) is 17.9 Å². The molecule has 0 unspecified atom stereocenters. The number of aromatic hydroxyl groups is 1. The van der Waals surface area contributed by atoms with Gasteiger partial charge in [-0.1, -0.05) is 0 Å². The zero-order valence-corrected chi connectivity index (χ0v) is 15.5. The van der Waals surface area contributed by atoms with E-state index in [4.69, 9.17) is 0 Å². The molecule has 2 aromatic carbocycles. The number of carboxylic acid groups (broad SMARTS) is 1. The van der Waals surface area contributed by atoms with Crippen molar-refractivity contribution >= 4 is 33.4 Å². The zero-order chi connectivity index (χ0) is 20.3. The fraction of sp³-hybridized carbons (Fsp3) is 0.222. The standard InChI is InChI=1S/C18H19N3O6S/c22-14-7-3-12(4-8-14)19-18(25)20-13-5-9-15(10-6-13)28(26,27)21-11-1-2-16(21)17(23)24/h3-10,16,22H,1-2,11H2,(H,23,24)(H2,19,20,25)/t16-/m0/s1. The third-order valence-electron chi connectivity index (χ3n) is 4.33. The second-order valence-electron chi connectivity index (χ2n) is 6.26. The van der Waals surface area contributed by atoms with Gasteiger partial charge in [-0.15, -0.1) is 0 Å². The number of nitrogens with one attached hydrogen (secondary N) is 2. The van der Waals surface area contributed by atoms with Crippen LogP contribution in [0.5, 0.6) is 5.75 Å². The summed E-state index contributed by atoms with van der Waals surface area (Å²) in [6.07, 6.45) is 0.777. The van der Waals surface area contributed by atoms with E-state index in [-0.39, 0.29) is 23.6 Å². The highest BCUT2D eigenvalue weighted by Crippen LogP contribution is 2.27. The maximum atomic E-state index is 12.7. The summed E-state index contributed by atoms with van der Waals surface area (Å²) in [5.41, 5.74) is 0.842. The smallest absolute Gasteiger partial charge is 0.323 e.